The van der Waals surface area contributed by atoms with E-state index in [-0.39, 0.29) is 27.7 Å². The van der Waals surface area contributed by atoms with Gasteiger partial charge in [-0.05, 0) is 11.8 Å². The molecule has 6 heteroatoms. The minimum atomic E-state index is -3.81. The van der Waals surface area contributed by atoms with Crippen LogP contribution < -0.4 is 18.9 Å². The first-order chi connectivity index (χ1) is 2.00. The Morgan fingerprint density at radius 2 is 1.29 bits per heavy atom. The van der Waals surface area contributed by atoms with Crippen molar-refractivity contribution in [2.24, 2.45) is 0 Å². The normalized spacial score (nSPS) is 8.43. The Morgan fingerprint density at radius 3 is 1.29 bits per heavy atom. The van der Waals surface area contributed by atoms with Gasteiger partial charge in [0, 0.05) is 0 Å². The van der Waals surface area contributed by atoms with E-state index in [2.05, 4.69) is 11.8 Å². The molecule has 0 aromatic rings. The molecule has 0 atom stereocenters. The summed E-state index contributed by atoms with van der Waals surface area (Å²) in [7, 11) is 0. The fraction of sp³-hybridized carbons (Fsp3) is 1.00. The molecule has 0 saturated carbocycles. The third-order valence-electron chi connectivity index (χ3n) is 0. The molecular weight excluding hydrogens is 130 g/mol. The SMILES string of the molecule is C.OP(O)(O)=S.[H-].[Li+]. The van der Waals surface area contributed by atoms with E-state index < -0.39 is 6.72 Å². The average molecular weight is 138 g/mol. The zero-order valence-corrected chi connectivity index (χ0v) is 4.91. The summed E-state index contributed by atoms with van der Waals surface area (Å²) in [5, 5.41) is 0. The maximum atomic E-state index is 7.56. The molecule has 0 fully saturated rings. The van der Waals surface area contributed by atoms with Crippen molar-refractivity contribution >= 4 is 18.5 Å². The van der Waals surface area contributed by atoms with Gasteiger partial charge in [0.1, 0.15) is 0 Å². The predicted molar refractivity (Wildman–Crippen MR) is 28.8 cm³/mol. The van der Waals surface area contributed by atoms with Crippen LogP contribution in [0.2, 0.25) is 0 Å². The number of hydrogen-bond acceptors (Lipinski definition) is 1. The van der Waals surface area contributed by atoms with Crippen LogP contribution in [0, 0.1) is 0 Å². The maximum Gasteiger partial charge on any atom is 1.00 e. The molecule has 0 aromatic heterocycles. The first-order valence-electron chi connectivity index (χ1n) is 0.783. The van der Waals surface area contributed by atoms with Crippen LogP contribution in [-0.4, -0.2) is 14.7 Å². The van der Waals surface area contributed by atoms with Crippen LogP contribution in [0.1, 0.15) is 8.85 Å². The van der Waals surface area contributed by atoms with E-state index in [1.54, 1.807) is 0 Å². The second-order valence-corrected chi connectivity index (χ2v) is 3.01. The monoisotopic (exact) mass is 138 g/mol. The van der Waals surface area contributed by atoms with Crippen LogP contribution in [0.25, 0.3) is 0 Å². The summed E-state index contributed by atoms with van der Waals surface area (Å²) in [6.07, 6.45) is 0. The summed E-state index contributed by atoms with van der Waals surface area (Å²) < 4.78 is 0. The van der Waals surface area contributed by atoms with Gasteiger partial charge in [0.2, 0.25) is 0 Å². The molecule has 0 aromatic carbocycles. The zero-order chi connectivity index (χ0) is 4.50. The van der Waals surface area contributed by atoms with Crippen molar-refractivity contribution in [3.8, 4) is 0 Å². The smallest absolute Gasteiger partial charge is 1.00 e. The van der Waals surface area contributed by atoms with Crippen molar-refractivity contribution in [3.63, 3.8) is 0 Å². The average Bonchev–Trinajstić information content (AvgIpc) is 0.722. The van der Waals surface area contributed by atoms with E-state index in [9.17, 15) is 0 Å². The van der Waals surface area contributed by atoms with Gasteiger partial charge in [0.05, 0.1) is 0 Å². The van der Waals surface area contributed by atoms with Crippen molar-refractivity contribution in [2.75, 3.05) is 0 Å². The second-order valence-electron chi connectivity index (χ2n) is 0.513. The molecule has 42 valence electrons. The Hall–Kier alpha value is 1.13. The maximum absolute atomic E-state index is 7.56. The van der Waals surface area contributed by atoms with Crippen molar-refractivity contribution in [1.29, 1.82) is 0 Å². The van der Waals surface area contributed by atoms with Crippen LogP contribution in [0.3, 0.4) is 0 Å². The van der Waals surface area contributed by atoms with Gasteiger partial charge in [-0.15, -0.1) is 0 Å². The molecule has 7 heavy (non-hydrogen) atoms. The topological polar surface area (TPSA) is 60.7 Å². The summed E-state index contributed by atoms with van der Waals surface area (Å²) in [5.41, 5.74) is 0. The van der Waals surface area contributed by atoms with E-state index in [4.69, 9.17) is 14.7 Å². The molecule has 0 spiro atoms. The summed E-state index contributed by atoms with van der Waals surface area (Å²) in [6.45, 7) is -3.81. The summed E-state index contributed by atoms with van der Waals surface area (Å²) >= 11 is 3.60. The molecule has 3 N–H and O–H groups in total. The van der Waals surface area contributed by atoms with Crippen LogP contribution >= 0.6 is 6.72 Å². The van der Waals surface area contributed by atoms with Crippen LogP contribution in [-0.2, 0) is 11.8 Å². The third kappa shape index (κ3) is 147. The Bertz CT molecular complexity index is 65.4. The fourth-order valence-electron chi connectivity index (χ4n) is 0. The minimum absolute atomic E-state index is 0. The Morgan fingerprint density at radius 1 is 1.29 bits per heavy atom. The van der Waals surface area contributed by atoms with Gasteiger partial charge in [-0.2, -0.15) is 0 Å². The molecule has 0 rings (SSSR count). The van der Waals surface area contributed by atoms with Crippen molar-refractivity contribution in [1.82, 2.24) is 0 Å². The molecule has 0 saturated heterocycles. The van der Waals surface area contributed by atoms with Crippen molar-refractivity contribution < 1.29 is 35.0 Å². The molecular formula is CH8LiO3PS. The Balaban J connectivity index is -0.0000000267. The van der Waals surface area contributed by atoms with E-state index >= 15 is 0 Å². The molecule has 0 unspecified atom stereocenters. The molecule has 3 nitrogen and oxygen atoms in total. The van der Waals surface area contributed by atoms with E-state index in [0.717, 1.165) is 0 Å². The Labute approximate surface area is 61.3 Å². The second kappa shape index (κ2) is 5.27. The van der Waals surface area contributed by atoms with Gasteiger partial charge >= 0.3 is 25.6 Å². The van der Waals surface area contributed by atoms with Gasteiger partial charge < -0.3 is 16.1 Å². The Kier molecular flexibility index (Phi) is 11.8. The van der Waals surface area contributed by atoms with E-state index in [1.807, 2.05) is 0 Å². The predicted octanol–water partition coefficient (Wildman–Crippen LogP) is -3.06. The first kappa shape index (κ1) is 15.7. The van der Waals surface area contributed by atoms with Gasteiger partial charge in [-0.25, -0.2) is 0 Å². The number of rotatable bonds is 0. The summed E-state index contributed by atoms with van der Waals surface area (Å²) in [4.78, 5) is 22.7. The minimum Gasteiger partial charge on any atom is -1.00 e. The summed E-state index contributed by atoms with van der Waals surface area (Å²) in [5.74, 6) is 0. The zero-order valence-electron chi connectivity index (χ0n) is 4.20. The quantitative estimate of drug-likeness (QED) is 0.246. The molecule has 0 heterocycles. The number of hydrogen-bond donors (Lipinski definition) is 3. The molecule has 0 aliphatic carbocycles. The van der Waals surface area contributed by atoms with E-state index in [1.165, 1.54) is 0 Å². The van der Waals surface area contributed by atoms with Crippen LogP contribution in [0.15, 0.2) is 0 Å². The largest absolute Gasteiger partial charge is 1.00 e. The van der Waals surface area contributed by atoms with Gasteiger partial charge in [0.15, 0.2) is 0 Å². The molecule has 0 radical (unpaired) electrons. The molecule has 0 aliphatic rings. The van der Waals surface area contributed by atoms with Crippen molar-refractivity contribution in [3.05, 3.63) is 0 Å². The van der Waals surface area contributed by atoms with Gasteiger partial charge in [-0.3, -0.25) is 0 Å². The van der Waals surface area contributed by atoms with Crippen molar-refractivity contribution in [2.45, 2.75) is 7.43 Å². The molecule has 0 aliphatic heterocycles. The first-order valence-corrected chi connectivity index (χ1v) is 3.44. The molecule has 0 amide bonds. The van der Waals surface area contributed by atoms with Gasteiger partial charge in [-0.1, -0.05) is 7.43 Å². The fourth-order valence-corrected chi connectivity index (χ4v) is 0. The third-order valence-corrected chi connectivity index (χ3v) is 0. The van der Waals surface area contributed by atoms with Crippen LogP contribution in [0.5, 0.6) is 0 Å². The van der Waals surface area contributed by atoms with Gasteiger partial charge in [0.25, 0.3) is 0 Å². The summed E-state index contributed by atoms with van der Waals surface area (Å²) in [6, 6.07) is 0. The van der Waals surface area contributed by atoms with Crippen LogP contribution in [0.4, 0.5) is 0 Å². The standard InChI is InChI=1S/CH4.Li.H3O3PS.H/c;;1-4(2,3)5;/h1H4;;(H3,1,2,3,5);/q;+1;;-1. The molecule has 0 bridgehead atoms. The van der Waals surface area contributed by atoms with E-state index in [0.29, 0.717) is 0 Å².